The summed E-state index contributed by atoms with van der Waals surface area (Å²) in [7, 11) is -4.54. The second-order valence-electron chi connectivity index (χ2n) is 4.84. The number of carbonyl (C=O) groups is 1. The molecule has 0 aliphatic carbocycles. The molecule has 1 heterocycles. The number of carboxylic acids is 1. The van der Waals surface area contributed by atoms with Gasteiger partial charge in [-0.15, -0.1) is 0 Å². The molecule has 0 radical (unpaired) electrons. The average Bonchev–Trinajstić information content (AvgIpc) is 2.44. The lowest BCUT2D eigenvalue weighted by Crippen LogP contribution is -2.48. The molecule has 2 atom stereocenters. The van der Waals surface area contributed by atoms with Crippen molar-refractivity contribution < 1.29 is 36.6 Å². The molecule has 22 heavy (non-hydrogen) atoms. The van der Waals surface area contributed by atoms with Crippen LogP contribution in [0.4, 0.5) is 13.2 Å². The van der Waals surface area contributed by atoms with E-state index in [-0.39, 0.29) is 13.0 Å². The van der Waals surface area contributed by atoms with Crippen molar-refractivity contribution in [2.24, 2.45) is 5.92 Å². The van der Waals surface area contributed by atoms with Crippen LogP contribution in [0.5, 0.6) is 0 Å². The standard InChI is InChI=1S/C12H12F3NO5S/c13-7-1-2-9(11(15)10(7)14)22(20,21)16-4-3-8(17)6(5-16)12(18)19/h1-2,6,8,17H,3-5H2,(H,18,19). The Kier molecular flexibility index (Phi) is 4.45. The van der Waals surface area contributed by atoms with Crippen molar-refractivity contribution in [3.63, 3.8) is 0 Å². The summed E-state index contributed by atoms with van der Waals surface area (Å²) in [6.07, 6.45) is -1.40. The van der Waals surface area contributed by atoms with Gasteiger partial charge in [-0.05, 0) is 18.6 Å². The predicted octanol–water partition coefficient (Wildman–Crippen LogP) is 0.560. The fourth-order valence-electron chi connectivity index (χ4n) is 2.22. The largest absolute Gasteiger partial charge is 0.481 e. The highest BCUT2D eigenvalue weighted by Crippen LogP contribution is 2.27. The summed E-state index contributed by atoms with van der Waals surface area (Å²) in [6.45, 7) is -0.844. The molecule has 1 fully saturated rings. The van der Waals surface area contributed by atoms with Crippen LogP contribution in [0, 0.1) is 23.4 Å². The predicted molar refractivity (Wildman–Crippen MR) is 66.8 cm³/mol. The molecule has 1 aliphatic heterocycles. The Morgan fingerprint density at radius 2 is 1.86 bits per heavy atom. The van der Waals surface area contributed by atoms with Crippen LogP contribution in [0.25, 0.3) is 0 Å². The molecule has 2 N–H and O–H groups in total. The van der Waals surface area contributed by atoms with E-state index in [9.17, 15) is 31.5 Å². The summed E-state index contributed by atoms with van der Waals surface area (Å²) >= 11 is 0. The lowest BCUT2D eigenvalue weighted by atomic mass is 9.96. The Morgan fingerprint density at radius 3 is 2.45 bits per heavy atom. The zero-order valence-electron chi connectivity index (χ0n) is 11.0. The topological polar surface area (TPSA) is 94.9 Å². The van der Waals surface area contributed by atoms with E-state index in [2.05, 4.69) is 0 Å². The Balaban J connectivity index is 2.39. The van der Waals surface area contributed by atoms with Crippen molar-refractivity contribution in [2.45, 2.75) is 17.4 Å². The number of hydrogen-bond donors (Lipinski definition) is 2. The van der Waals surface area contributed by atoms with Crippen LogP contribution in [-0.4, -0.2) is 48.1 Å². The molecule has 1 saturated heterocycles. The number of aliphatic carboxylic acids is 1. The van der Waals surface area contributed by atoms with Crippen molar-refractivity contribution in [1.82, 2.24) is 4.31 Å². The maximum Gasteiger partial charge on any atom is 0.310 e. The van der Waals surface area contributed by atoms with E-state index in [1.165, 1.54) is 0 Å². The first-order valence-electron chi connectivity index (χ1n) is 6.20. The molecule has 6 nitrogen and oxygen atoms in total. The second kappa shape index (κ2) is 5.86. The van der Waals surface area contributed by atoms with E-state index in [0.29, 0.717) is 16.4 Å². The highest BCUT2D eigenvalue weighted by Gasteiger charge is 2.39. The molecule has 1 aromatic carbocycles. The maximum atomic E-state index is 13.7. The van der Waals surface area contributed by atoms with Gasteiger partial charge in [0.2, 0.25) is 10.0 Å². The number of rotatable bonds is 3. The van der Waals surface area contributed by atoms with Crippen LogP contribution in [0.3, 0.4) is 0 Å². The summed E-state index contributed by atoms with van der Waals surface area (Å²) in [5, 5.41) is 18.5. The molecule has 122 valence electrons. The van der Waals surface area contributed by atoms with Crippen molar-refractivity contribution >= 4 is 16.0 Å². The van der Waals surface area contributed by atoms with E-state index in [1.54, 1.807) is 0 Å². The smallest absolute Gasteiger partial charge is 0.310 e. The van der Waals surface area contributed by atoms with Gasteiger partial charge in [-0.2, -0.15) is 4.31 Å². The minimum Gasteiger partial charge on any atom is -0.481 e. The van der Waals surface area contributed by atoms with Gasteiger partial charge in [-0.1, -0.05) is 0 Å². The summed E-state index contributed by atoms with van der Waals surface area (Å²) in [5.41, 5.74) is 0. The van der Waals surface area contributed by atoms with E-state index < -0.39 is 56.9 Å². The molecule has 0 aromatic heterocycles. The summed E-state index contributed by atoms with van der Waals surface area (Å²) in [5.74, 6) is -8.10. The monoisotopic (exact) mass is 339 g/mol. The fraction of sp³-hybridized carbons (Fsp3) is 0.417. The third kappa shape index (κ3) is 2.81. The molecule has 10 heteroatoms. The van der Waals surface area contributed by atoms with Gasteiger partial charge < -0.3 is 10.2 Å². The molecular weight excluding hydrogens is 327 g/mol. The zero-order valence-corrected chi connectivity index (χ0v) is 11.9. The van der Waals surface area contributed by atoms with Gasteiger partial charge in [0.1, 0.15) is 4.90 Å². The van der Waals surface area contributed by atoms with Gasteiger partial charge in [0.25, 0.3) is 0 Å². The van der Waals surface area contributed by atoms with Crippen LogP contribution < -0.4 is 0 Å². The summed E-state index contributed by atoms with van der Waals surface area (Å²) in [6, 6.07) is 1.04. The number of piperidine rings is 1. The van der Waals surface area contributed by atoms with Crippen molar-refractivity contribution in [2.75, 3.05) is 13.1 Å². The van der Waals surface area contributed by atoms with Crippen molar-refractivity contribution in [1.29, 1.82) is 0 Å². The third-order valence-corrected chi connectivity index (χ3v) is 5.36. The molecule has 0 bridgehead atoms. The van der Waals surface area contributed by atoms with Crippen molar-refractivity contribution in [3.8, 4) is 0 Å². The molecule has 1 aromatic rings. The Labute approximate surface area is 123 Å². The third-order valence-electron chi connectivity index (χ3n) is 3.47. The number of aliphatic hydroxyl groups is 1. The second-order valence-corrected chi connectivity index (χ2v) is 6.74. The number of hydrogen-bond acceptors (Lipinski definition) is 4. The number of sulfonamides is 1. The van der Waals surface area contributed by atoms with Gasteiger partial charge in [0, 0.05) is 13.1 Å². The number of aliphatic hydroxyl groups excluding tert-OH is 1. The molecule has 0 amide bonds. The van der Waals surface area contributed by atoms with E-state index >= 15 is 0 Å². The number of carboxylic acid groups (broad SMARTS) is 1. The molecule has 0 saturated carbocycles. The van der Waals surface area contributed by atoms with Crippen LogP contribution in [0.2, 0.25) is 0 Å². The molecule has 0 spiro atoms. The van der Waals surface area contributed by atoms with Gasteiger partial charge in [0.15, 0.2) is 17.5 Å². The van der Waals surface area contributed by atoms with E-state index in [1.807, 2.05) is 0 Å². The summed E-state index contributed by atoms with van der Waals surface area (Å²) < 4.78 is 64.9. The Morgan fingerprint density at radius 1 is 1.23 bits per heavy atom. The first-order chi connectivity index (χ1) is 10.2. The Hall–Kier alpha value is -1.65. The highest BCUT2D eigenvalue weighted by molar-refractivity contribution is 7.89. The zero-order chi connectivity index (χ0) is 16.7. The first-order valence-corrected chi connectivity index (χ1v) is 7.64. The minimum atomic E-state index is -4.54. The molecule has 2 rings (SSSR count). The molecule has 2 unspecified atom stereocenters. The van der Waals surface area contributed by atoms with Crippen LogP contribution in [-0.2, 0) is 14.8 Å². The van der Waals surface area contributed by atoms with Gasteiger partial charge >= 0.3 is 5.97 Å². The van der Waals surface area contributed by atoms with Gasteiger partial charge in [-0.25, -0.2) is 21.6 Å². The lowest BCUT2D eigenvalue weighted by Gasteiger charge is -2.33. The first kappa shape index (κ1) is 16.7. The quantitative estimate of drug-likeness (QED) is 0.785. The summed E-state index contributed by atoms with van der Waals surface area (Å²) in [4.78, 5) is 9.90. The molecule has 1 aliphatic rings. The lowest BCUT2D eigenvalue weighted by molar-refractivity contribution is -0.147. The normalized spacial score (nSPS) is 23.5. The maximum absolute atomic E-state index is 13.7. The number of benzene rings is 1. The van der Waals surface area contributed by atoms with Gasteiger partial charge in [0.05, 0.1) is 12.0 Å². The number of halogens is 3. The minimum absolute atomic E-state index is 0.165. The highest BCUT2D eigenvalue weighted by atomic mass is 32.2. The van der Waals surface area contributed by atoms with Crippen LogP contribution >= 0.6 is 0 Å². The van der Waals surface area contributed by atoms with E-state index in [0.717, 1.165) is 0 Å². The van der Waals surface area contributed by atoms with E-state index in [4.69, 9.17) is 5.11 Å². The number of nitrogens with zero attached hydrogens (tertiary/aromatic N) is 1. The Bertz CT molecular complexity index is 709. The SMILES string of the molecule is O=C(O)C1CN(S(=O)(=O)c2ccc(F)c(F)c2F)CCC1O. The van der Waals surface area contributed by atoms with Crippen LogP contribution in [0.15, 0.2) is 17.0 Å². The molecular formula is C12H12F3NO5S. The average molecular weight is 339 g/mol. The fourth-order valence-corrected chi connectivity index (χ4v) is 3.75. The van der Waals surface area contributed by atoms with Crippen LogP contribution in [0.1, 0.15) is 6.42 Å². The van der Waals surface area contributed by atoms with Gasteiger partial charge in [-0.3, -0.25) is 4.79 Å². The van der Waals surface area contributed by atoms with Crippen molar-refractivity contribution in [3.05, 3.63) is 29.6 Å².